The molecular weight excluding hydrogens is 472 g/mol. The molecule has 2 aliphatic heterocycles. The number of thiol groups is 1. The molecule has 2 saturated heterocycles. The van der Waals surface area contributed by atoms with Gasteiger partial charge in [-0.1, -0.05) is 60.7 Å². The number of rotatable bonds is 4. The van der Waals surface area contributed by atoms with Crippen molar-refractivity contribution < 1.29 is 19.2 Å². The number of hydrogen-bond donors (Lipinski definition) is 2. The molecule has 6 nitrogen and oxygen atoms in total. The molecule has 0 saturated carbocycles. The molecule has 0 aromatic heterocycles. The number of anilines is 1. The predicted octanol–water partition coefficient (Wildman–Crippen LogP) is 3.72. The number of imide groups is 2. The number of carbonyl (C=O) groups is 4. The van der Waals surface area contributed by atoms with Crippen molar-refractivity contribution in [1.82, 2.24) is 5.32 Å². The van der Waals surface area contributed by atoms with Crippen molar-refractivity contribution in [2.75, 3.05) is 4.90 Å². The molecule has 3 aliphatic rings. The van der Waals surface area contributed by atoms with Crippen LogP contribution in [0.1, 0.15) is 16.7 Å². The van der Waals surface area contributed by atoms with Crippen LogP contribution in [-0.4, -0.2) is 23.6 Å². The van der Waals surface area contributed by atoms with Crippen LogP contribution in [0.25, 0.3) is 5.57 Å². The topological polar surface area (TPSA) is 83.6 Å². The molecule has 0 spiro atoms. The van der Waals surface area contributed by atoms with E-state index >= 15 is 0 Å². The second kappa shape index (κ2) is 8.46. The SMILES string of the molecule is O=C1NC(=O)C2C(c3ccc(S)cc3)=C3C(=O)N(c4ccc(Cc5ccccc5)cc4)C(=O)C3=CC12. The Morgan fingerprint density at radius 2 is 1.42 bits per heavy atom. The van der Waals surface area contributed by atoms with Crippen LogP contribution in [-0.2, 0) is 25.6 Å². The fourth-order valence-electron chi connectivity index (χ4n) is 5.17. The number of fused-ring (bicyclic) bond motifs is 2. The number of nitrogens with zero attached hydrogens (tertiary/aromatic N) is 1. The number of hydrogen-bond acceptors (Lipinski definition) is 5. The van der Waals surface area contributed by atoms with Crippen LogP contribution in [0.2, 0.25) is 0 Å². The standard InChI is InChI=1S/C29H20N2O4S/c32-26-21-15-22-25(23(24(21)27(33)30-26)18-8-12-20(36)13-9-18)29(35)31(28(22)34)19-10-6-17(7-11-19)14-16-4-2-1-3-5-16/h1-13,15,21,24,36H,14H2,(H,30,32,33). The average Bonchev–Trinajstić information content (AvgIpc) is 3.31. The van der Waals surface area contributed by atoms with Gasteiger partial charge in [0, 0.05) is 4.90 Å². The summed E-state index contributed by atoms with van der Waals surface area (Å²) in [5.74, 6) is -3.65. The van der Waals surface area contributed by atoms with Crippen molar-refractivity contribution >= 4 is 47.5 Å². The monoisotopic (exact) mass is 492 g/mol. The Morgan fingerprint density at radius 1 is 0.750 bits per heavy atom. The minimum absolute atomic E-state index is 0.157. The van der Waals surface area contributed by atoms with E-state index in [0.717, 1.165) is 22.4 Å². The molecule has 36 heavy (non-hydrogen) atoms. The summed E-state index contributed by atoms with van der Waals surface area (Å²) in [6.07, 6.45) is 2.20. The van der Waals surface area contributed by atoms with Crippen LogP contribution >= 0.6 is 12.6 Å². The summed E-state index contributed by atoms with van der Waals surface area (Å²) in [6.45, 7) is 0. The minimum atomic E-state index is -0.869. The molecule has 3 aromatic rings. The molecule has 1 N–H and O–H groups in total. The smallest absolute Gasteiger partial charge is 0.266 e. The molecule has 2 heterocycles. The van der Waals surface area contributed by atoms with Crippen LogP contribution in [0, 0.1) is 11.8 Å². The molecule has 6 rings (SSSR count). The highest BCUT2D eigenvalue weighted by atomic mass is 32.1. The van der Waals surface area contributed by atoms with E-state index in [1.807, 2.05) is 42.5 Å². The fraction of sp³-hybridized carbons (Fsp3) is 0.103. The molecule has 0 radical (unpaired) electrons. The van der Waals surface area contributed by atoms with E-state index in [2.05, 4.69) is 17.9 Å². The lowest BCUT2D eigenvalue weighted by Crippen LogP contribution is -2.29. The van der Waals surface area contributed by atoms with Gasteiger partial charge in [0.25, 0.3) is 11.8 Å². The third-order valence-electron chi connectivity index (χ3n) is 6.86. The van der Waals surface area contributed by atoms with Crippen LogP contribution < -0.4 is 10.2 Å². The third kappa shape index (κ3) is 3.51. The first-order valence-electron chi connectivity index (χ1n) is 11.5. The van der Waals surface area contributed by atoms with Gasteiger partial charge in [-0.25, -0.2) is 4.90 Å². The molecule has 4 amide bonds. The maximum Gasteiger partial charge on any atom is 0.266 e. The van der Waals surface area contributed by atoms with E-state index in [0.29, 0.717) is 21.7 Å². The van der Waals surface area contributed by atoms with E-state index in [9.17, 15) is 19.2 Å². The average molecular weight is 493 g/mol. The number of nitrogens with one attached hydrogen (secondary N) is 1. The third-order valence-corrected chi connectivity index (χ3v) is 7.16. The molecule has 2 fully saturated rings. The molecule has 2 atom stereocenters. The summed E-state index contributed by atoms with van der Waals surface area (Å²) in [5.41, 5.74) is 3.98. The zero-order valence-electron chi connectivity index (χ0n) is 19.0. The summed E-state index contributed by atoms with van der Waals surface area (Å²) < 4.78 is 0. The lowest BCUT2D eigenvalue weighted by molar-refractivity contribution is -0.125. The van der Waals surface area contributed by atoms with Crippen LogP contribution in [0.15, 0.2) is 101 Å². The Kier molecular flexibility index (Phi) is 5.23. The maximum absolute atomic E-state index is 13.7. The number of benzene rings is 3. The van der Waals surface area contributed by atoms with Gasteiger partial charge in [-0.15, -0.1) is 12.6 Å². The Morgan fingerprint density at radius 3 is 2.11 bits per heavy atom. The van der Waals surface area contributed by atoms with Crippen LogP contribution in [0.4, 0.5) is 5.69 Å². The first-order valence-corrected chi connectivity index (χ1v) is 12.0. The molecule has 2 unspecified atom stereocenters. The van der Waals surface area contributed by atoms with Crippen LogP contribution in [0.3, 0.4) is 0 Å². The van der Waals surface area contributed by atoms with Crippen molar-refractivity contribution in [3.05, 3.63) is 113 Å². The minimum Gasteiger partial charge on any atom is -0.295 e. The van der Waals surface area contributed by atoms with E-state index < -0.39 is 35.5 Å². The second-order valence-electron chi connectivity index (χ2n) is 9.05. The van der Waals surface area contributed by atoms with E-state index in [-0.39, 0.29) is 11.1 Å². The predicted molar refractivity (Wildman–Crippen MR) is 137 cm³/mol. The van der Waals surface area contributed by atoms with Crippen LogP contribution in [0.5, 0.6) is 0 Å². The largest absolute Gasteiger partial charge is 0.295 e. The van der Waals surface area contributed by atoms with Crippen molar-refractivity contribution in [2.24, 2.45) is 11.8 Å². The Balaban J connectivity index is 1.42. The first kappa shape index (κ1) is 22.2. The first-order chi connectivity index (χ1) is 17.4. The van der Waals surface area contributed by atoms with Crippen molar-refractivity contribution in [1.29, 1.82) is 0 Å². The maximum atomic E-state index is 13.7. The van der Waals surface area contributed by atoms with Gasteiger partial charge in [-0.3, -0.25) is 24.5 Å². The highest BCUT2D eigenvalue weighted by molar-refractivity contribution is 7.80. The van der Waals surface area contributed by atoms with E-state index in [1.54, 1.807) is 36.4 Å². The molecular formula is C29H20N2O4S. The van der Waals surface area contributed by atoms with Gasteiger partial charge in [0.05, 0.1) is 28.7 Å². The Bertz CT molecular complexity index is 1510. The van der Waals surface area contributed by atoms with Gasteiger partial charge in [-0.05, 0) is 52.9 Å². The quantitative estimate of drug-likeness (QED) is 0.430. The number of amides is 4. The summed E-state index contributed by atoms with van der Waals surface area (Å²) in [6, 6.07) is 24.3. The van der Waals surface area contributed by atoms with E-state index in [4.69, 9.17) is 0 Å². The van der Waals surface area contributed by atoms with Crippen molar-refractivity contribution in [3.8, 4) is 0 Å². The lowest BCUT2D eigenvalue weighted by Gasteiger charge is -2.23. The second-order valence-corrected chi connectivity index (χ2v) is 9.56. The van der Waals surface area contributed by atoms with Gasteiger partial charge in [0.1, 0.15) is 0 Å². The normalized spacial score (nSPS) is 20.9. The summed E-state index contributed by atoms with van der Waals surface area (Å²) in [7, 11) is 0. The Hall–Kier alpha value is -4.23. The highest BCUT2D eigenvalue weighted by Crippen LogP contribution is 2.47. The van der Waals surface area contributed by atoms with Gasteiger partial charge < -0.3 is 0 Å². The van der Waals surface area contributed by atoms with Gasteiger partial charge in [-0.2, -0.15) is 0 Å². The number of carbonyl (C=O) groups excluding carboxylic acids is 4. The zero-order valence-corrected chi connectivity index (χ0v) is 19.9. The molecule has 7 heteroatoms. The lowest BCUT2D eigenvalue weighted by atomic mass is 9.75. The molecule has 1 aliphatic carbocycles. The summed E-state index contributed by atoms with van der Waals surface area (Å²) >= 11 is 4.32. The van der Waals surface area contributed by atoms with E-state index in [1.165, 1.54) is 6.08 Å². The van der Waals surface area contributed by atoms with Gasteiger partial charge in [0.2, 0.25) is 11.8 Å². The van der Waals surface area contributed by atoms with Gasteiger partial charge >= 0.3 is 0 Å². The summed E-state index contributed by atoms with van der Waals surface area (Å²) in [5, 5.41) is 2.35. The van der Waals surface area contributed by atoms with Crippen molar-refractivity contribution in [2.45, 2.75) is 11.3 Å². The molecule has 176 valence electrons. The fourth-order valence-corrected chi connectivity index (χ4v) is 5.32. The summed E-state index contributed by atoms with van der Waals surface area (Å²) in [4.78, 5) is 54.4. The zero-order chi connectivity index (χ0) is 25.0. The molecule has 0 bridgehead atoms. The highest BCUT2D eigenvalue weighted by Gasteiger charge is 2.53. The van der Waals surface area contributed by atoms with Gasteiger partial charge in [0.15, 0.2) is 0 Å². The van der Waals surface area contributed by atoms with Crippen molar-refractivity contribution in [3.63, 3.8) is 0 Å². The molecule has 3 aromatic carbocycles. The Labute approximate surface area is 212 Å².